The largest absolute Gasteiger partial charge is 0.340 e. The molecule has 2 aromatic heterocycles. The highest BCUT2D eigenvalue weighted by Gasteiger charge is 2.33. The SMILES string of the molecule is Cc1ccc2nc(C3CCCN3C(=O)c3csc(-c4ccccc4Cl)n3)[nH]c2c1. The van der Waals surface area contributed by atoms with Crippen LogP contribution in [0.2, 0.25) is 5.02 Å². The van der Waals surface area contributed by atoms with Crippen molar-refractivity contribution in [2.75, 3.05) is 6.54 Å². The van der Waals surface area contributed by atoms with Gasteiger partial charge in [-0.2, -0.15) is 0 Å². The van der Waals surface area contributed by atoms with E-state index in [2.05, 4.69) is 29.0 Å². The summed E-state index contributed by atoms with van der Waals surface area (Å²) in [6.07, 6.45) is 1.85. The van der Waals surface area contributed by atoms with Crippen molar-refractivity contribution in [3.8, 4) is 10.6 Å². The van der Waals surface area contributed by atoms with E-state index in [1.54, 1.807) is 0 Å². The Bertz CT molecular complexity index is 1210. The van der Waals surface area contributed by atoms with E-state index in [9.17, 15) is 4.79 Å². The zero-order valence-electron chi connectivity index (χ0n) is 15.9. The second kappa shape index (κ2) is 7.28. The van der Waals surface area contributed by atoms with Crippen molar-refractivity contribution < 1.29 is 4.79 Å². The van der Waals surface area contributed by atoms with Crippen LogP contribution in [0, 0.1) is 6.92 Å². The highest BCUT2D eigenvalue weighted by atomic mass is 35.5. The molecule has 1 saturated heterocycles. The summed E-state index contributed by atoms with van der Waals surface area (Å²) in [6.45, 7) is 2.77. The zero-order chi connectivity index (χ0) is 20.0. The summed E-state index contributed by atoms with van der Waals surface area (Å²) in [5.41, 5.74) is 4.43. The number of H-pyrrole nitrogens is 1. The second-order valence-electron chi connectivity index (χ2n) is 7.32. The van der Waals surface area contributed by atoms with E-state index in [0.29, 0.717) is 17.3 Å². The van der Waals surface area contributed by atoms with Crippen molar-refractivity contribution in [2.45, 2.75) is 25.8 Å². The first-order valence-corrected chi connectivity index (χ1v) is 10.8. The lowest BCUT2D eigenvalue weighted by molar-refractivity contribution is 0.0725. The minimum Gasteiger partial charge on any atom is -0.340 e. The van der Waals surface area contributed by atoms with Crippen molar-refractivity contribution in [1.82, 2.24) is 19.9 Å². The average molecular weight is 423 g/mol. The molecule has 1 atom stereocenters. The lowest BCUT2D eigenvalue weighted by Gasteiger charge is -2.22. The standard InChI is InChI=1S/C22H19ClN4OS/c1-13-8-9-16-17(11-13)25-20(24-16)19-7-4-10-27(19)22(28)18-12-29-21(26-18)14-5-2-3-6-15(14)23/h2-3,5-6,8-9,11-12,19H,4,7,10H2,1H3,(H,24,25). The number of halogens is 1. The lowest BCUT2D eigenvalue weighted by atomic mass is 10.2. The Balaban J connectivity index is 1.44. The van der Waals surface area contributed by atoms with Crippen LogP contribution >= 0.6 is 22.9 Å². The van der Waals surface area contributed by atoms with E-state index in [0.717, 1.165) is 40.3 Å². The van der Waals surface area contributed by atoms with Gasteiger partial charge in [0.15, 0.2) is 0 Å². The molecule has 29 heavy (non-hydrogen) atoms. The number of thiazole rings is 1. The van der Waals surface area contributed by atoms with Gasteiger partial charge in [-0.15, -0.1) is 11.3 Å². The normalized spacial score (nSPS) is 16.6. The maximum absolute atomic E-state index is 13.2. The van der Waals surface area contributed by atoms with E-state index in [1.165, 1.54) is 16.9 Å². The number of imidazole rings is 1. The molecule has 0 saturated carbocycles. The van der Waals surface area contributed by atoms with Gasteiger partial charge in [0.1, 0.15) is 16.5 Å². The molecule has 5 nitrogen and oxygen atoms in total. The number of carbonyl (C=O) groups excluding carboxylic acids is 1. The number of carbonyl (C=O) groups is 1. The lowest BCUT2D eigenvalue weighted by Crippen LogP contribution is -2.31. The fraction of sp³-hybridized carbons (Fsp3) is 0.227. The van der Waals surface area contributed by atoms with Crippen LogP contribution in [0.15, 0.2) is 47.8 Å². The number of rotatable bonds is 3. The van der Waals surface area contributed by atoms with Crippen molar-refractivity contribution in [2.24, 2.45) is 0 Å². The van der Waals surface area contributed by atoms with Crippen molar-refractivity contribution in [1.29, 1.82) is 0 Å². The number of aryl methyl sites for hydroxylation is 1. The van der Waals surface area contributed by atoms with Crippen LogP contribution in [0.1, 0.15) is 40.8 Å². The highest BCUT2D eigenvalue weighted by Crippen LogP contribution is 2.35. The third kappa shape index (κ3) is 3.32. The van der Waals surface area contributed by atoms with Gasteiger partial charge in [-0.1, -0.05) is 35.9 Å². The van der Waals surface area contributed by atoms with E-state index in [-0.39, 0.29) is 11.9 Å². The molecule has 4 aromatic rings. The summed E-state index contributed by atoms with van der Waals surface area (Å²) < 4.78 is 0. The second-order valence-corrected chi connectivity index (χ2v) is 8.58. The summed E-state index contributed by atoms with van der Waals surface area (Å²) in [5, 5.41) is 3.21. The number of hydrogen-bond donors (Lipinski definition) is 1. The smallest absolute Gasteiger partial charge is 0.273 e. The van der Waals surface area contributed by atoms with Gasteiger partial charge in [0, 0.05) is 17.5 Å². The fourth-order valence-corrected chi connectivity index (χ4v) is 4.99. The summed E-state index contributed by atoms with van der Waals surface area (Å²) in [7, 11) is 0. The van der Waals surface area contributed by atoms with Crippen molar-refractivity contribution >= 4 is 39.9 Å². The molecule has 1 aliphatic heterocycles. The van der Waals surface area contributed by atoms with Crippen LogP contribution in [0.3, 0.4) is 0 Å². The molecule has 0 aliphatic carbocycles. The zero-order valence-corrected chi connectivity index (χ0v) is 17.4. The van der Waals surface area contributed by atoms with Gasteiger partial charge in [0.25, 0.3) is 5.91 Å². The molecule has 2 aromatic carbocycles. The first kappa shape index (κ1) is 18.3. The van der Waals surface area contributed by atoms with Gasteiger partial charge in [-0.25, -0.2) is 9.97 Å². The molecular weight excluding hydrogens is 404 g/mol. The Morgan fingerprint density at radius 3 is 2.97 bits per heavy atom. The summed E-state index contributed by atoms with van der Waals surface area (Å²) in [5.74, 6) is 0.789. The molecule has 1 fully saturated rings. The van der Waals surface area contributed by atoms with Gasteiger partial charge in [0.05, 0.1) is 22.1 Å². The molecule has 146 valence electrons. The van der Waals surface area contributed by atoms with Crippen LogP contribution < -0.4 is 0 Å². The summed E-state index contributed by atoms with van der Waals surface area (Å²) >= 11 is 7.73. The van der Waals surface area contributed by atoms with Gasteiger partial charge in [-0.3, -0.25) is 4.79 Å². The highest BCUT2D eigenvalue weighted by molar-refractivity contribution is 7.13. The number of benzene rings is 2. The Morgan fingerprint density at radius 2 is 2.10 bits per heavy atom. The minimum absolute atomic E-state index is 0.0549. The van der Waals surface area contributed by atoms with E-state index >= 15 is 0 Å². The van der Waals surface area contributed by atoms with E-state index < -0.39 is 0 Å². The summed E-state index contributed by atoms with van der Waals surface area (Å²) in [4.78, 5) is 27.8. The van der Waals surface area contributed by atoms with Crippen LogP contribution in [0.25, 0.3) is 21.6 Å². The predicted molar refractivity (Wildman–Crippen MR) is 116 cm³/mol. The number of nitrogens with one attached hydrogen (secondary N) is 1. The third-order valence-electron chi connectivity index (χ3n) is 5.31. The van der Waals surface area contributed by atoms with E-state index in [1.807, 2.05) is 40.6 Å². The maximum Gasteiger partial charge on any atom is 0.273 e. The molecular formula is C22H19ClN4OS. The molecule has 1 amide bonds. The Morgan fingerprint density at radius 1 is 1.24 bits per heavy atom. The molecule has 0 bridgehead atoms. The Labute approximate surface area is 177 Å². The minimum atomic E-state index is -0.0568. The number of aromatic nitrogens is 3. The molecule has 1 unspecified atom stereocenters. The number of amides is 1. The van der Waals surface area contributed by atoms with Gasteiger partial charge in [0.2, 0.25) is 0 Å². The molecule has 7 heteroatoms. The average Bonchev–Trinajstić information content (AvgIpc) is 3.46. The monoisotopic (exact) mass is 422 g/mol. The van der Waals surface area contributed by atoms with Crippen LogP contribution in [-0.4, -0.2) is 32.3 Å². The summed E-state index contributed by atoms with van der Waals surface area (Å²) in [6, 6.07) is 13.7. The van der Waals surface area contributed by atoms with E-state index in [4.69, 9.17) is 16.6 Å². The number of likely N-dealkylation sites (tertiary alicyclic amines) is 1. The number of hydrogen-bond acceptors (Lipinski definition) is 4. The van der Waals surface area contributed by atoms with Gasteiger partial charge in [-0.05, 0) is 43.5 Å². The van der Waals surface area contributed by atoms with Crippen LogP contribution in [-0.2, 0) is 0 Å². The number of fused-ring (bicyclic) bond motifs is 1. The third-order valence-corrected chi connectivity index (χ3v) is 6.52. The molecule has 3 heterocycles. The first-order valence-electron chi connectivity index (χ1n) is 9.58. The van der Waals surface area contributed by atoms with Gasteiger partial charge >= 0.3 is 0 Å². The number of nitrogens with zero attached hydrogens (tertiary/aromatic N) is 3. The quantitative estimate of drug-likeness (QED) is 0.465. The van der Waals surface area contributed by atoms with Crippen LogP contribution in [0.5, 0.6) is 0 Å². The number of aromatic amines is 1. The Kier molecular flexibility index (Phi) is 4.60. The molecule has 1 N–H and O–H groups in total. The first-order chi connectivity index (χ1) is 14.1. The van der Waals surface area contributed by atoms with Crippen molar-refractivity contribution in [3.05, 3.63) is 69.9 Å². The van der Waals surface area contributed by atoms with Gasteiger partial charge < -0.3 is 9.88 Å². The fourth-order valence-electron chi connectivity index (χ4n) is 3.87. The molecule has 0 spiro atoms. The molecule has 5 rings (SSSR count). The topological polar surface area (TPSA) is 61.9 Å². The predicted octanol–water partition coefficient (Wildman–Crippen LogP) is 5.63. The van der Waals surface area contributed by atoms with Crippen molar-refractivity contribution in [3.63, 3.8) is 0 Å². The Hall–Kier alpha value is -2.70. The van der Waals surface area contributed by atoms with Crippen LogP contribution in [0.4, 0.5) is 0 Å². The molecule has 1 aliphatic rings. The molecule has 0 radical (unpaired) electrons. The maximum atomic E-state index is 13.2.